The van der Waals surface area contributed by atoms with Gasteiger partial charge in [-0.25, -0.2) is 10.5 Å². The molecule has 1 unspecified atom stereocenters. The molecule has 1 aliphatic rings. The van der Waals surface area contributed by atoms with Gasteiger partial charge >= 0.3 is 0 Å². The Morgan fingerprint density at radius 3 is 2.97 bits per heavy atom. The zero-order valence-electron chi connectivity index (χ0n) is 19.9. The highest BCUT2D eigenvalue weighted by Gasteiger charge is 2.31. The molecule has 2 amide bonds. The topological polar surface area (TPSA) is 103 Å². The summed E-state index contributed by atoms with van der Waals surface area (Å²) in [7, 11) is 0. The van der Waals surface area contributed by atoms with E-state index in [1.165, 1.54) is 22.6 Å². The predicted octanol–water partition coefficient (Wildman–Crippen LogP) is 4.03. The van der Waals surface area contributed by atoms with Gasteiger partial charge in [-0.2, -0.15) is 0 Å². The van der Waals surface area contributed by atoms with Crippen LogP contribution in [0.25, 0.3) is 17.0 Å². The average molecular weight is 484 g/mol. The quantitative estimate of drug-likeness (QED) is 0.190. The van der Waals surface area contributed by atoms with E-state index in [-0.39, 0.29) is 11.9 Å². The van der Waals surface area contributed by atoms with Crippen LogP contribution in [0.4, 0.5) is 0 Å². The van der Waals surface area contributed by atoms with Crippen molar-refractivity contribution < 1.29 is 14.8 Å². The molecular weight excluding hydrogens is 454 g/mol. The molecule has 1 aliphatic carbocycles. The largest absolute Gasteiger partial charge is 0.361 e. The number of aromatic nitrogens is 3. The van der Waals surface area contributed by atoms with Gasteiger partial charge in [0.2, 0.25) is 5.91 Å². The number of amides is 2. The lowest BCUT2D eigenvalue weighted by molar-refractivity contribution is -0.134. The molecule has 0 saturated carbocycles. The number of imidazole rings is 1. The second-order valence-electron chi connectivity index (χ2n) is 9.07. The van der Waals surface area contributed by atoms with E-state index >= 15 is 0 Å². The van der Waals surface area contributed by atoms with Gasteiger partial charge in [0.15, 0.2) is 0 Å². The van der Waals surface area contributed by atoms with E-state index in [2.05, 4.69) is 34.2 Å². The molecule has 0 spiro atoms. The Hall–Kier alpha value is -4.17. The van der Waals surface area contributed by atoms with Crippen molar-refractivity contribution in [2.24, 2.45) is 0 Å². The molecule has 184 valence electrons. The number of H-pyrrole nitrogens is 1. The summed E-state index contributed by atoms with van der Waals surface area (Å²) < 4.78 is 1.93. The number of nitrogens with one attached hydrogen (secondary N) is 2. The van der Waals surface area contributed by atoms with E-state index < -0.39 is 5.91 Å². The van der Waals surface area contributed by atoms with Gasteiger partial charge in [-0.05, 0) is 53.7 Å². The number of fused-ring (bicyclic) bond motifs is 2. The van der Waals surface area contributed by atoms with Crippen molar-refractivity contribution in [3.05, 3.63) is 95.7 Å². The third-order valence-electron chi connectivity index (χ3n) is 6.89. The summed E-state index contributed by atoms with van der Waals surface area (Å²) in [6.45, 7) is 1.23. The van der Waals surface area contributed by atoms with Crippen LogP contribution >= 0.6 is 0 Å². The van der Waals surface area contributed by atoms with Crippen molar-refractivity contribution in [1.82, 2.24) is 24.9 Å². The van der Waals surface area contributed by atoms with Crippen LogP contribution in [-0.4, -0.2) is 43.0 Å². The van der Waals surface area contributed by atoms with Crippen LogP contribution in [0, 0.1) is 0 Å². The lowest BCUT2D eigenvalue weighted by Gasteiger charge is -2.30. The highest BCUT2D eigenvalue weighted by atomic mass is 16.5. The number of carbonyl (C=O) groups is 2. The minimum atomic E-state index is -0.569. The van der Waals surface area contributed by atoms with E-state index in [9.17, 15) is 9.59 Å². The van der Waals surface area contributed by atoms with Gasteiger partial charge in [0.25, 0.3) is 5.91 Å². The van der Waals surface area contributed by atoms with Crippen LogP contribution in [-0.2, 0) is 29.0 Å². The smallest absolute Gasteiger partial charge is 0.267 e. The molecule has 0 aliphatic heterocycles. The van der Waals surface area contributed by atoms with Gasteiger partial charge in [-0.15, -0.1) is 0 Å². The fraction of sp³-hybridized carbons (Fsp3) is 0.250. The maximum Gasteiger partial charge on any atom is 0.267 e. The molecule has 0 radical (unpaired) electrons. The second kappa shape index (κ2) is 10.6. The molecule has 4 aromatic rings. The Morgan fingerprint density at radius 2 is 2.14 bits per heavy atom. The number of aryl methyl sites for hydroxylation is 2. The van der Waals surface area contributed by atoms with E-state index in [1.54, 1.807) is 24.1 Å². The first kappa shape index (κ1) is 23.6. The van der Waals surface area contributed by atoms with Crippen LogP contribution in [0.2, 0.25) is 0 Å². The normalized spacial score (nSPS) is 14.9. The van der Waals surface area contributed by atoms with Crippen molar-refractivity contribution >= 4 is 28.8 Å². The van der Waals surface area contributed by atoms with Crippen molar-refractivity contribution in [1.29, 1.82) is 0 Å². The Morgan fingerprint density at radius 1 is 1.25 bits per heavy atom. The zero-order chi connectivity index (χ0) is 24.9. The Balaban J connectivity index is 1.37. The summed E-state index contributed by atoms with van der Waals surface area (Å²) in [5.41, 5.74) is 7.15. The third-order valence-corrected chi connectivity index (χ3v) is 6.89. The summed E-state index contributed by atoms with van der Waals surface area (Å²) in [5.74, 6) is -0.440. The minimum Gasteiger partial charge on any atom is -0.361 e. The molecule has 36 heavy (non-hydrogen) atoms. The lowest BCUT2D eigenvalue weighted by atomic mass is 10.0. The summed E-state index contributed by atoms with van der Waals surface area (Å²) in [6, 6.07) is 14.3. The van der Waals surface area contributed by atoms with E-state index in [1.807, 2.05) is 40.1 Å². The molecule has 8 heteroatoms. The Labute approximate surface area is 209 Å². The predicted molar refractivity (Wildman–Crippen MR) is 137 cm³/mol. The first-order valence-corrected chi connectivity index (χ1v) is 12.2. The van der Waals surface area contributed by atoms with Gasteiger partial charge in [0.1, 0.15) is 0 Å². The maximum absolute atomic E-state index is 13.5. The highest BCUT2D eigenvalue weighted by Crippen LogP contribution is 2.37. The fourth-order valence-corrected chi connectivity index (χ4v) is 5.07. The van der Waals surface area contributed by atoms with Crippen LogP contribution in [0.15, 0.2) is 73.5 Å². The van der Waals surface area contributed by atoms with E-state index in [0.29, 0.717) is 19.5 Å². The first-order valence-electron chi connectivity index (χ1n) is 12.2. The summed E-state index contributed by atoms with van der Waals surface area (Å²) >= 11 is 0. The van der Waals surface area contributed by atoms with Crippen molar-refractivity contribution in [2.45, 2.75) is 38.3 Å². The molecular formula is C28H29N5O3. The second-order valence-corrected chi connectivity index (χ2v) is 9.07. The number of hydroxylamine groups is 1. The standard InChI is InChI=1S/C28H29N5O3/c34-27(31-36)10-6-20-5-8-24-21(17-20)7-9-26(24)33(28(35)12-14-32-16-13-29-19-32)15-11-22-18-30-25-4-2-1-3-23(22)25/h1-6,8,10,13,16-19,26,30,36H,7,9,11-12,14-15H2,(H,31,34)/b10-6+. The summed E-state index contributed by atoms with van der Waals surface area (Å²) in [4.78, 5) is 34.3. The first-order chi connectivity index (χ1) is 17.6. The molecule has 2 aromatic carbocycles. The van der Waals surface area contributed by atoms with Crippen molar-refractivity contribution in [2.75, 3.05) is 6.54 Å². The van der Waals surface area contributed by atoms with Gasteiger partial charge in [0, 0.05) is 55.1 Å². The fourth-order valence-electron chi connectivity index (χ4n) is 5.07. The number of hydrogen-bond acceptors (Lipinski definition) is 4. The molecule has 8 nitrogen and oxygen atoms in total. The number of benzene rings is 2. The monoisotopic (exact) mass is 483 g/mol. The molecule has 0 saturated heterocycles. The lowest BCUT2D eigenvalue weighted by Crippen LogP contribution is -2.36. The van der Waals surface area contributed by atoms with Gasteiger partial charge < -0.3 is 14.5 Å². The number of aromatic amines is 1. The van der Waals surface area contributed by atoms with Crippen LogP contribution in [0.3, 0.4) is 0 Å². The Bertz CT molecular complexity index is 1390. The van der Waals surface area contributed by atoms with E-state index in [0.717, 1.165) is 35.9 Å². The molecule has 3 N–H and O–H groups in total. The van der Waals surface area contributed by atoms with Crippen LogP contribution in [0.5, 0.6) is 0 Å². The number of nitrogens with zero attached hydrogens (tertiary/aromatic N) is 3. The van der Waals surface area contributed by atoms with Crippen LogP contribution < -0.4 is 5.48 Å². The molecule has 1 atom stereocenters. The average Bonchev–Trinajstić information content (AvgIpc) is 3.66. The zero-order valence-corrected chi connectivity index (χ0v) is 19.9. The van der Waals surface area contributed by atoms with Gasteiger partial charge in [-0.1, -0.05) is 36.4 Å². The molecule has 2 aromatic heterocycles. The maximum atomic E-state index is 13.5. The van der Waals surface area contributed by atoms with Gasteiger partial charge in [-0.3, -0.25) is 14.8 Å². The third kappa shape index (κ3) is 5.08. The number of hydrogen-bond donors (Lipinski definition) is 3. The molecule has 2 heterocycles. The van der Waals surface area contributed by atoms with Crippen molar-refractivity contribution in [3.63, 3.8) is 0 Å². The van der Waals surface area contributed by atoms with Gasteiger partial charge in [0.05, 0.1) is 12.4 Å². The summed E-state index contributed by atoms with van der Waals surface area (Å²) in [6.07, 6.45) is 13.3. The SMILES string of the molecule is O=C(/C=C/c1ccc2c(c1)CCC2N(CCc1c[nH]c2ccccc12)C(=O)CCn1ccnc1)NO. The number of para-hydroxylation sites is 1. The van der Waals surface area contributed by atoms with Crippen LogP contribution in [0.1, 0.15) is 41.1 Å². The highest BCUT2D eigenvalue weighted by molar-refractivity contribution is 5.90. The minimum absolute atomic E-state index is 0.0132. The number of carbonyl (C=O) groups excluding carboxylic acids is 2. The molecule has 0 bridgehead atoms. The van der Waals surface area contributed by atoms with E-state index in [4.69, 9.17) is 5.21 Å². The van der Waals surface area contributed by atoms with Crippen molar-refractivity contribution in [3.8, 4) is 0 Å². The molecule has 5 rings (SSSR count). The Kier molecular flexibility index (Phi) is 6.95. The number of rotatable bonds is 9. The molecule has 0 fully saturated rings. The summed E-state index contributed by atoms with van der Waals surface area (Å²) in [5, 5.41) is 9.89.